The standard InChI is InChI=1S/C12H15ClN2O2/c1-6(2)11-10-9(4-8(13)5-14-10)7(3)15(11)12(16)17/h4-7,11H,1-3H3,(H,16,17)/t7?,11-/m0/s1. The van der Waals surface area contributed by atoms with E-state index in [0.717, 1.165) is 11.3 Å². The number of carbonyl (C=O) groups is 1. The van der Waals surface area contributed by atoms with Crippen LogP contribution in [0, 0.1) is 5.92 Å². The molecule has 1 aliphatic rings. The minimum absolute atomic E-state index is 0.184. The number of rotatable bonds is 1. The molecular formula is C12H15ClN2O2. The second-order valence-electron chi connectivity index (χ2n) is 4.68. The van der Waals surface area contributed by atoms with Crippen LogP contribution in [0.4, 0.5) is 4.79 Å². The van der Waals surface area contributed by atoms with Crippen LogP contribution in [0.5, 0.6) is 0 Å². The van der Waals surface area contributed by atoms with Crippen LogP contribution in [0.25, 0.3) is 0 Å². The van der Waals surface area contributed by atoms with Gasteiger partial charge in [0.15, 0.2) is 0 Å². The van der Waals surface area contributed by atoms with E-state index in [1.165, 1.54) is 4.90 Å². The largest absolute Gasteiger partial charge is 0.465 e. The van der Waals surface area contributed by atoms with E-state index in [9.17, 15) is 9.90 Å². The van der Waals surface area contributed by atoms with Gasteiger partial charge in [0, 0.05) is 6.20 Å². The quantitative estimate of drug-likeness (QED) is 0.835. The Hall–Kier alpha value is -1.29. The fourth-order valence-electron chi connectivity index (χ4n) is 2.49. The molecule has 1 N–H and O–H groups in total. The Balaban J connectivity index is 2.54. The Morgan fingerprint density at radius 3 is 2.76 bits per heavy atom. The lowest BCUT2D eigenvalue weighted by atomic mass is 10.0. The molecule has 2 atom stereocenters. The number of fused-ring (bicyclic) bond motifs is 1. The molecule has 17 heavy (non-hydrogen) atoms. The maximum atomic E-state index is 11.3. The van der Waals surface area contributed by atoms with Crippen LogP contribution in [-0.4, -0.2) is 21.1 Å². The van der Waals surface area contributed by atoms with Gasteiger partial charge in [0.2, 0.25) is 0 Å². The van der Waals surface area contributed by atoms with E-state index in [1.54, 1.807) is 6.20 Å². The van der Waals surface area contributed by atoms with E-state index in [4.69, 9.17) is 11.6 Å². The molecule has 1 amide bonds. The van der Waals surface area contributed by atoms with Gasteiger partial charge >= 0.3 is 6.09 Å². The lowest BCUT2D eigenvalue weighted by Gasteiger charge is -2.28. The number of amides is 1. The fourth-order valence-corrected chi connectivity index (χ4v) is 2.66. The maximum absolute atomic E-state index is 11.3. The second kappa shape index (κ2) is 4.18. The van der Waals surface area contributed by atoms with Crippen molar-refractivity contribution < 1.29 is 9.90 Å². The highest BCUT2D eigenvalue weighted by Gasteiger charge is 2.41. The van der Waals surface area contributed by atoms with Crippen molar-refractivity contribution in [3.8, 4) is 0 Å². The molecule has 0 saturated heterocycles. The third-order valence-electron chi connectivity index (χ3n) is 3.22. The lowest BCUT2D eigenvalue weighted by Crippen LogP contribution is -2.33. The van der Waals surface area contributed by atoms with Gasteiger partial charge < -0.3 is 5.11 Å². The predicted octanol–water partition coefficient (Wildman–Crippen LogP) is 3.49. The monoisotopic (exact) mass is 254 g/mol. The molecule has 0 fully saturated rings. The minimum Gasteiger partial charge on any atom is -0.465 e. The third-order valence-corrected chi connectivity index (χ3v) is 3.42. The first kappa shape index (κ1) is 12.2. The number of carboxylic acid groups (broad SMARTS) is 1. The van der Waals surface area contributed by atoms with Crippen molar-refractivity contribution in [3.05, 3.63) is 28.5 Å². The molecule has 0 saturated carbocycles. The Morgan fingerprint density at radius 2 is 2.24 bits per heavy atom. The van der Waals surface area contributed by atoms with E-state index < -0.39 is 6.09 Å². The minimum atomic E-state index is -0.912. The zero-order valence-corrected chi connectivity index (χ0v) is 10.8. The van der Waals surface area contributed by atoms with Crippen LogP contribution in [0.2, 0.25) is 5.02 Å². The van der Waals surface area contributed by atoms with Gasteiger partial charge in [-0.2, -0.15) is 0 Å². The van der Waals surface area contributed by atoms with Crippen LogP contribution in [0.15, 0.2) is 12.3 Å². The first-order chi connectivity index (χ1) is 7.93. The number of pyridine rings is 1. The summed E-state index contributed by atoms with van der Waals surface area (Å²) in [5.74, 6) is 0.184. The topological polar surface area (TPSA) is 53.4 Å². The smallest absolute Gasteiger partial charge is 0.408 e. The zero-order valence-electron chi connectivity index (χ0n) is 10.0. The number of hydrogen-bond donors (Lipinski definition) is 1. The molecule has 2 heterocycles. The van der Waals surface area contributed by atoms with Crippen molar-refractivity contribution in [3.63, 3.8) is 0 Å². The Bertz CT molecular complexity index is 462. The summed E-state index contributed by atoms with van der Waals surface area (Å²) in [5.41, 5.74) is 1.75. The summed E-state index contributed by atoms with van der Waals surface area (Å²) in [6.45, 7) is 5.87. The number of aromatic nitrogens is 1. The second-order valence-corrected chi connectivity index (χ2v) is 5.12. The van der Waals surface area contributed by atoms with Crippen molar-refractivity contribution in [2.45, 2.75) is 32.9 Å². The van der Waals surface area contributed by atoms with Gasteiger partial charge in [-0.1, -0.05) is 25.4 Å². The molecule has 1 aromatic rings. The summed E-state index contributed by atoms with van der Waals surface area (Å²) in [4.78, 5) is 17.1. The average molecular weight is 255 g/mol. The molecule has 92 valence electrons. The van der Waals surface area contributed by atoms with Crippen LogP contribution in [0.1, 0.15) is 44.1 Å². The van der Waals surface area contributed by atoms with Gasteiger partial charge in [-0.05, 0) is 24.5 Å². The summed E-state index contributed by atoms with van der Waals surface area (Å²) in [7, 11) is 0. The van der Waals surface area contributed by atoms with E-state index in [-0.39, 0.29) is 18.0 Å². The highest BCUT2D eigenvalue weighted by Crippen LogP contribution is 2.44. The third kappa shape index (κ3) is 1.86. The number of nitrogens with zero attached hydrogens (tertiary/aromatic N) is 2. The molecule has 1 aliphatic heterocycles. The van der Waals surface area contributed by atoms with Crippen LogP contribution in [-0.2, 0) is 0 Å². The zero-order chi connectivity index (χ0) is 12.7. The van der Waals surface area contributed by atoms with E-state index in [2.05, 4.69) is 4.98 Å². The van der Waals surface area contributed by atoms with Crippen molar-refractivity contribution in [1.29, 1.82) is 0 Å². The van der Waals surface area contributed by atoms with Gasteiger partial charge in [0.1, 0.15) is 0 Å². The maximum Gasteiger partial charge on any atom is 0.408 e. The Labute approximate surface area is 105 Å². The van der Waals surface area contributed by atoms with Crippen LogP contribution < -0.4 is 0 Å². The SMILES string of the molecule is CC(C)[C@H]1c2ncc(Cl)cc2C(C)N1C(=O)O. The van der Waals surface area contributed by atoms with Gasteiger partial charge in [-0.25, -0.2) is 4.79 Å². The van der Waals surface area contributed by atoms with E-state index >= 15 is 0 Å². The summed E-state index contributed by atoms with van der Waals surface area (Å²) < 4.78 is 0. The van der Waals surface area contributed by atoms with E-state index in [1.807, 2.05) is 26.8 Å². The molecule has 1 unspecified atom stereocenters. The molecule has 0 spiro atoms. The van der Waals surface area contributed by atoms with Crippen molar-refractivity contribution >= 4 is 17.7 Å². The van der Waals surface area contributed by atoms with Crippen molar-refractivity contribution in [2.75, 3.05) is 0 Å². The highest BCUT2D eigenvalue weighted by atomic mass is 35.5. The molecule has 0 radical (unpaired) electrons. The summed E-state index contributed by atoms with van der Waals surface area (Å²) in [6.07, 6.45) is 0.665. The normalized spacial score (nSPS) is 23.0. The van der Waals surface area contributed by atoms with Crippen LogP contribution in [0.3, 0.4) is 0 Å². The van der Waals surface area contributed by atoms with E-state index in [0.29, 0.717) is 5.02 Å². The summed E-state index contributed by atoms with van der Waals surface area (Å²) in [6, 6.07) is 1.43. The first-order valence-corrected chi connectivity index (χ1v) is 5.98. The summed E-state index contributed by atoms with van der Waals surface area (Å²) in [5, 5.41) is 9.86. The molecule has 0 aliphatic carbocycles. The molecular weight excluding hydrogens is 240 g/mol. The van der Waals surface area contributed by atoms with Crippen LogP contribution >= 0.6 is 11.6 Å². The average Bonchev–Trinajstić information content (AvgIpc) is 2.52. The molecule has 0 bridgehead atoms. The van der Waals surface area contributed by atoms with Crippen molar-refractivity contribution in [2.24, 2.45) is 5.92 Å². The van der Waals surface area contributed by atoms with Crippen molar-refractivity contribution in [1.82, 2.24) is 9.88 Å². The molecule has 0 aromatic carbocycles. The number of hydrogen-bond acceptors (Lipinski definition) is 2. The van der Waals surface area contributed by atoms with Gasteiger partial charge in [0.25, 0.3) is 0 Å². The Morgan fingerprint density at radius 1 is 1.59 bits per heavy atom. The molecule has 5 heteroatoms. The fraction of sp³-hybridized carbons (Fsp3) is 0.500. The number of halogens is 1. The van der Waals surface area contributed by atoms with Gasteiger partial charge in [0.05, 0.1) is 22.8 Å². The molecule has 4 nitrogen and oxygen atoms in total. The Kier molecular flexibility index (Phi) is 3.00. The lowest BCUT2D eigenvalue weighted by molar-refractivity contribution is 0.0988. The first-order valence-electron chi connectivity index (χ1n) is 5.60. The highest BCUT2D eigenvalue weighted by molar-refractivity contribution is 6.30. The predicted molar refractivity (Wildman–Crippen MR) is 65.1 cm³/mol. The molecule has 1 aromatic heterocycles. The summed E-state index contributed by atoms with van der Waals surface area (Å²) >= 11 is 5.91. The van der Waals surface area contributed by atoms with Gasteiger partial charge in [-0.15, -0.1) is 0 Å². The van der Waals surface area contributed by atoms with Gasteiger partial charge in [-0.3, -0.25) is 9.88 Å². The molecule has 2 rings (SSSR count).